The summed E-state index contributed by atoms with van der Waals surface area (Å²) in [6.07, 6.45) is 1.50. The first-order valence-electron chi connectivity index (χ1n) is 9.47. The molecule has 1 aromatic rings. The molecular weight excluding hydrogens is 344 g/mol. The molecule has 3 rings (SSSR count). The zero-order chi connectivity index (χ0) is 19.1. The minimum absolute atomic E-state index is 0.157. The Balaban J connectivity index is 1.38. The molecule has 27 heavy (non-hydrogen) atoms. The van der Waals surface area contributed by atoms with Crippen LogP contribution in [0.4, 0.5) is 0 Å². The van der Waals surface area contributed by atoms with Gasteiger partial charge in [0.05, 0.1) is 37.9 Å². The van der Waals surface area contributed by atoms with Crippen molar-refractivity contribution in [3.05, 3.63) is 23.7 Å². The van der Waals surface area contributed by atoms with Gasteiger partial charge in [-0.2, -0.15) is 10.5 Å². The van der Waals surface area contributed by atoms with E-state index in [0.29, 0.717) is 25.5 Å². The summed E-state index contributed by atoms with van der Waals surface area (Å²) in [5.74, 6) is 1.65. The zero-order valence-corrected chi connectivity index (χ0v) is 15.5. The number of piperidine rings is 1. The van der Waals surface area contributed by atoms with E-state index in [9.17, 15) is 5.11 Å². The quantitative estimate of drug-likeness (QED) is 0.648. The van der Waals surface area contributed by atoms with Crippen LogP contribution in [0.1, 0.15) is 24.4 Å². The molecule has 144 valence electrons. The van der Waals surface area contributed by atoms with Gasteiger partial charge in [0.1, 0.15) is 17.4 Å². The van der Waals surface area contributed by atoms with Crippen LogP contribution in [0, 0.1) is 28.6 Å². The fourth-order valence-electron chi connectivity index (χ4n) is 3.47. The second-order valence-electron chi connectivity index (χ2n) is 6.97. The summed E-state index contributed by atoms with van der Waals surface area (Å²) in [5, 5.41) is 31.0. The standard InChI is InChI=1S/C19H26N6O2/c20-11-15(12-21)19-23-6-10-25(19)9-5-22-13-17-1-2-18(27-17)14-24-7-3-16(26)4-8-24/h1-2,15-16,22,26H,3-10,13-14H2. The summed E-state index contributed by atoms with van der Waals surface area (Å²) in [6.45, 7) is 6.06. The first kappa shape index (κ1) is 19.4. The van der Waals surface area contributed by atoms with Crippen LogP contribution in [0.2, 0.25) is 0 Å². The van der Waals surface area contributed by atoms with Gasteiger partial charge in [-0.3, -0.25) is 9.89 Å². The molecule has 0 aromatic carbocycles. The van der Waals surface area contributed by atoms with Crippen LogP contribution in [-0.2, 0) is 13.1 Å². The Labute approximate surface area is 159 Å². The molecule has 2 aliphatic rings. The highest BCUT2D eigenvalue weighted by Crippen LogP contribution is 2.16. The van der Waals surface area contributed by atoms with Crippen LogP contribution in [0.25, 0.3) is 0 Å². The summed E-state index contributed by atoms with van der Waals surface area (Å²) >= 11 is 0. The summed E-state index contributed by atoms with van der Waals surface area (Å²) in [7, 11) is 0. The van der Waals surface area contributed by atoms with E-state index in [4.69, 9.17) is 14.9 Å². The number of hydrogen-bond acceptors (Lipinski definition) is 8. The van der Waals surface area contributed by atoms with Crippen molar-refractivity contribution < 1.29 is 9.52 Å². The summed E-state index contributed by atoms with van der Waals surface area (Å²) in [5.41, 5.74) is 0. The van der Waals surface area contributed by atoms with Gasteiger partial charge in [-0.15, -0.1) is 0 Å². The van der Waals surface area contributed by atoms with Crippen molar-refractivity contribution >= 4 is 5.84 Å². The van der Waals surface area contributed by atoms with Crippen molar-refractivity contribution in [1.82, 2.24) is 15.1 Å². The molecule has 0 amide bonds. The maximum Gasteiger partial charge on any atom is 0.189 e. The van der Waals surface area contributed by atoms with Gasteiger partial charge in [0.15, 0.2) is 5.92 Å². The number of amidine groups is 1. The predicted molar refractivity (Wildman–Crippen MR) is 99.5 cm³/mol. The average Bonchev–Trinajstić information content (AvgIpc) is 3.32. The number of rotatable bonds is 8. The van der Waals surface area contributed by atoms with Gasteiger partial charge < -0.3 is 19.7 Å². The van der Waals surface area contributed by atoms with Crippen LogP contribution in [0.3, 0.4) is 0 Å². The van der Waals surface area contributed by atoms with E-state index in [-0.39, 0.29) is 6.10 Å². The molecule has 0 saturated carbocycles. The smallest absolute Gasteiger partial charge is 0.189 e. The Hall–Kier alpha value is -2.39. The van der Waals surface area contributed by atoms with E-state index in [1.807, 2.05) is 29.2 Å². The first-order chi connectivity index (χ1) is 13.2. The normalized spacial score (nSPS) is 18.5. The summed E-state index contributed by atoms with van der Waals surface area (Å²) in [4.78, 5) is 8.60. The van der Waals surface area contributed by atoms with Crippen molar-refractivity contribution in [2.24, 2.45) is 10.9 Å². The Morgan fingerprint density at radius 2 is 1.96 bits per heavy atom. The van der Waals surface area contributed by atoms with Crippen molar-refractivity contribution in [2.45, 2.75) is 32.0 Å². The number of aliphatic hydroxyl groups excluding tert-OH is 1. The van der Waals surface area contributed by atoms with Crippen molar-refractivity contribution in [2.75, 3.05) is 39.3 Å². The molecule has 3 heterocycles. The van der Waals surface area contributed by atoms with Crippen molar-refractivity contribution in [3.63, 3.8) is 0 Å². The Kier molecular flexibility index (Phi) is 6.83. The number of aliphatic imine (C=N–C) groups is 1. The lowest BCUT2D eigenvalue weighted by Gasteiger charge is -2.28. The molecule has 1 saturated heterocycles. The number of aliphatic hydroxyl groups is 1. The third-order valence-electron chi connectivity index (χ3n) is 5.00. The molecule has 0 atom stereocenters. The van der Waals surface area contributed by atoms with E-state index in [1.165, 1.54) is 0 Å². The van der Waals surface area contributed by atoms with Crippen LogP contribution in [0.5, 0.6) is 0 Å². The molecule has 8 nitrogen and oxygen atoms in total. The van der Waals surface area contributed by atoms with Gasteiger partial charge in [-0.05, 0) is 25.0 Å². The summed E-state index contributed by atoms with van der Waals surface area (Å²) in [6, 6.07) is 7.99. The number of furan rings is 1. The van der Waals surface area contributed by atoms with Crippen LogP contribution >= 0.6 is 0 Å². The average molecular weight is 370 g/mol. The molecule has 0 aliphatic carbocycles. The summed E-state index contributed by atoms with van der Waals surface area (Å²) < 4.78 is 5.89. The molecule has 2 aliphatic heterocycles. The lowest BCUT2D eigenvalue weighted by molar-refractivity contribution is 0.0758. The highest BCUT2D eigenvalue weighted by molar-refractivity contribution is 5.90. The van der Waals surface area contributed by atoms with Crippen molar-refractivity contribution in [1.29, 1.82) is 10.5 Å². The van der Waals surface area contributed by atoms with E-state index in [2.05, 4.69) is 15.2 Å². The molecule has 0 spiro atoms. The second kappa shape index (κ2) is 9.52. The van der Waals surface area contributed by atoms with E-state index < -0.39 is 5.92 Å². The van der Waals surface area contributed by atoms with Crippen LogP contribution < -0.4 is 5.32 Å². The monoisotopic (exact) mass is 370 g/mol. The highest BCUT2D eigenvalue weighted by Gasteiger charge is 2.24. The molecule has 1 fully saturated rings. The maximum atomic E-state index is 9.57. The van der Waals surface area contributed by atoms with E-state index in [1.54, 1.807) is 0 Å². The SMILES string of the molecule is N#CC(C#N)C1=NCCN1CCNCc1ccc(CN2CCC(O)CC2)o1. The predicted octanol–water partition coefficient (Wildman–Crippen LogP) is 0.703. The van der Waals surface area contributed by atoms with Gasteiger partial charge in [0.25, 0.3) is 0 Å². The largest absolute Gasteiger partial charge is 0.463 e. The number of nitrogens with one attached hydrogen (secondary N) is 1. The fraction of sp³-hybridized carbons (Fsp3) is 0.632. The zero-order valence-electron chi connectivity index (χ0n) is 15.5. The van der Waals surface area contributed by atoms with Gasteiger partial charge >= 0.3 is 0 Å². The van der Waals surface area contributed by atoms with Gasteiger partial charge in [-0.25, -0.2) is 0 Å². The third-order valence-corrected chi connectivity index (χ3v) is 5.00. The van der Waals surface area contributed by atoms with Gasteiger partial charge in [-0.1, -0.05) is 0 Å². The molecule has 0 unspecified atom stereocenters. The van der Waals surface area contributed by atoms with E-state index >= 15 is 0 Å². The molecule has 8 heteroatoms. The molecule has 1 aromatic heterocycles. The third kappa shape index (κ3) is 5.30. The highest BCUT2D eigenvalue weighted by atomic mass is 16.3. The molecule has 0 bridgehead atoms. The number of likely N-dealkylation sites (tertiary alicyclic amines) is 1. The lowest BCUT2D eigenvalue weighted by atomic mass is 10.1. The van der Waals surface area contributed by atoms with Crippen LogP contribution in [0.15, 0.2) is 21.5 Å². The number of nitriles is 2. The Bertz CT molecular complexity index is 709. The minimum Gasteiger partial charge on any atom is -0.463 e. The maximum absolute atomic E-state index is 9.57. The Morgan fingerprint density at radius 1 is 1.22 bits per heavy atom. The van der Waals surface area contributed by atoms with Crippen LogP contribution in [-0.4, -0.2) is 66.1 Å². The molecule has 2 N–H and O–H groups in total. The first-order valence-corrected chi connectivity index (χ1v) is 9.47. The topological polar surface area (TPSA) is 112 Å². The molecule has 0 radical (unpaired) electrons. The molecular formula is C19H26N6O2. The Morgan fingerprint density at radius 3 is 2.70 bits per heavy atom. The minimum atomic E-state index is -0.781. The number of hydrogen-bond donors (Lipinski definition) is 2. The van der Waals surface area contributed by atoms with Gasteiger partial charge in [0.2, 0.25) is 0 Å². The number of nitrogens with zero attached hydrogens (tertiary/aromatic N) is 5. The lowest BCUT2D eigenvalue weighted by Crippen LogP contribution is -2.37. The van der Waals surface area contributed by atoms with Gasteiger partial charge in [0, 0.05) is 32.7 Å². The van der Waals surface area contributed by atoms with E-state index in [0.717, 1.165) is 57.1 Å². The second-order valence-corrected chi connectivity index (χ2v) is 6.97. The van der Waals surface area contributed by atoms with Crippen molar-refractivity contribution in [3.8, 4) is 12.1 Å². The fourth-order valence-corrected chi connectivity index (χ4v) is 3.47.